The Bertz CT molecular complexity index is 1150. The van der Waals surface area contributed by atoms with Gasteiger partial charge >= 0.3 is 0 Å². The van der Waals surface area contributed by atoms with E-state index in [1.54, 1.807) is 11.6 Å². The molecule has 2 unspecified atom stereocenters. The van der Waals surface area contributed by atoms with Crippen LogP contribution in [0.3, 0.4) is 0 Å². The van der Waals surface area contributed by atoms with Crippen LogP contribution < -0.4 is 16.4 Å². The number of aromatic amines is 1. The Morgan fingerprint density at radius 3 is 2.93 bits per heavy atom. The maximum absolute atomic E-state index is 12.9. The van der Waals surface area contributed by atoms with Crippen molar-refractivity contribution in [2.24, 2.45) is 5.73 Å². The van der Waals surface area contributed by atoms with Crippen molar-refractivity contribution in [1.29, 1.82) is 0 Å². The fourth-order valence-electron chi connectivity index (χ4n) is 3.75. The molecule has 0 aliphatic heterocycles. The third kappa shape index (κ3) is 3.54. The van der Waals surface area contributed by atoms with Crippen LogP contribution in [0, 0.1) is 0 Å². The molecule has 8 nitrogen and oxygen atoms in total. The lowest BCUT2D eigenvalue weighted by molar-refractivity contribution is 0.102. The van der Waals surface area contributed by atoms with E-state index in [0.29, 0.717) is 23.0 Å². The summed E-state index contributed by atoms with van der Waals surface area (Å²) in [4.78, 5) is 29.4. The Morgan fingerprint density at radius 2 is 2.07 bits per heavy atom. The molecule has 0 saturated heterocycles. The fourth-order valence-corrected chi connectivity index (χ4v) is 4.59. The molecule has 1 fully saturated rings. The normalized spacial score (nSPS) is 19.5. The van der Waals surface area contributed by atoms with Crippen molar-refractivity contribution in [3.63, 3.8) is 0 Å². The van der Waals surface area contributed by atoms with Gasteiger partial charge in [0.15, 0.2) is 0 Å². The number of imidazole rings is 1. The molecule has 9 heteroatoms. The van der Waals surface area contributed by atoms with E-state index in [1.807, 2.05) is 24.3 Å². The molecule has 4 aromatic rings. The van der Waals surface area contributed by atoms with Gasteiger partial charge in [0.25, 0.3) is 5.91 Å². The van der Waals surface area contributed by atoms with Crippen molar-refractivity contribution in [3.05, 3.63) is 41.4 Å². The van der Waals surface area contributed by atoms with Gasteiger partial charge in [-0.1, -0.05) is 25.0 Å². The molecule has 0 spiro atoms. The van der Waals surface area contributed by atoms with E-state index >= 15 is 0 Å². The van der Waals surface area contributed by atoms with Gasteiger partial charge in [0.1, 0.15) is 0 Å². The number of amides is 1. The maximum atomic E-state index is 12.9. The summed E-state index contributed by atoms with van der Waals surface area (Å²) in [7, 11) is 0. The average molecular weight is 408 g/mol. The van der Waals surface area contributed by atoms with Crippen molar-refractivity contribution in [1.82, 2.24) is 19.9 Å². The predicted molar refractivity (Wildman–Crippen MR) is 115 cm³/mol. The molecule has 0 radical (unpaired) electrons. The summed E-state index contributed by atoms with van der Waals surface area (Å²) in [5, 5.41) is 7.99. The molecular formula is C20H21N7OS. The molecule has 148 valence electrons. The fraction of sp³-hybridized carbons (Fsp3) is 0.300. The minimum absolute atomic E-state index is 0.0985. The van der Waals surface area contributed by atoms with Crippen LogP contribution in [0.4, 0.5) is 11.9 Å². The van der Waals surface area contributed by atoms with E-state index in [9.17, 15) is 4.79 Å². The van der Waals surface area contributed by atoms with Gasteiger partial charge in [-0.2, -0.15) is 0 Å². The lowest BCUT2D eigenvalue weighted by Gasteiger charge is -2.29. The van der Waals surface area contributed by atoms with E-state index in [1.165, 1.54) is 11.3 Å². The highest BCUT2D eigenvalue weighted by Gasteiger charge is 2.23. The van der Waals surface area contributed by atoms with E-state index in [2.05, 4.69) is 30.6 Å². The van der Waals surface area contributed by atoms with Crippen LogP contribution in [0.5, 0.6) is 0 Å². The molecule has 29 heavy (non-hydrogen) atoms. The van der Waals surface area contributed by atoms with Crippen molar-refractivity contribution in [2.75, 3.05) is 10.6 Å². The minimum atomic E-state index is -0.255. The molecule has 1 aliphatic rings. The average Bonchev–Trinajstić information content (AvgIpc) is 3.32. The van der Waals surface area contributed by atoms with Gasteiger partial charge in [0.05, 0.1) is 33.0 Å². The van der Waals surface area contributed by atoms with Gasteiger partial charge in [0, 0.05) is 17.5 Å². The second-order valence-electron chi connectivity index (χ2n) is 7.31. The molecule has 2 atom stereocenters. The number of carbonyl (C=O) groups excluding carboxylic acids is 1. The summed E-state index contributed by atoms with van der Waals surface area (Å²) in [5.41, 5.74) is 9.03. The summed E-state index contributed by atoms with van der Waals surface area (Å²) >= 11 is 1.44. The predicted octanol–water partition coefficient (Wildman–Crippen LogP) is 3.50. The number of anilines is 2. The van der Waals surface area contributed by atoms with E-state index in [0.717, 1.165) is 41.4 Å². The number of hydrogen-bond donors (Lipinski definition) is 4. The quantitative estimate of drug-likeness (QED) is 0.411. The van der Waals surface area contributed by atoms with Crippen LogP contribution >= 0.6 is 11.3 Å². The van der Waals surface area contributed by atoms with Crippen LogP contribution in [0.2, 0.25) is 0 Å². The lowest BCUT2D eigenvalue weighted by atomic mass is 9.91. The largest absolute Gasteiger partial charge is 0.350 e. The number of fused-ring (bicyclic) bond motifs is 2. The zero-order chi connectivity index (χ0) is 19.8. The zero-order valence-corrected chi connectivity index (χ0v) is 16.5. The smallest absolute Gasteiger partial charge is 0.261 e. The maximum Gasteiger partial charge on any atom is 0.261 e. The van der Waals surface area contributed by atoms with Gasteiger partial charge in [-0.15, -0.1) is 11.3 Å². The molecule has 1 aliphatic carbocycles. The van der Waals surface area contributed by atoms with Crippen LogP contribution in [0.15, 0.2) is 35.8 Å². The molecule has 5 rings (SSSR count). The number of nitrogens with one attached hydrogen (secondary N) is 3. The molecule has 3 heterocycles. The number of hydrogen-bond acceptors (Lipinski definition) is 7. The molecule has 1 saturated carbocycles. The van der Waals surface area contributed by atoms with Crippen LogP contribution in [0.1, 0.15) is 36.0 Å². The summed E-state index contributed by atoms with van der Waals surface area (Å²) in [6.07, 6.45) is 6.07. The number of nitrogens with two attached hydrogens (primary N) is 1. The standard InChI is InChI=1S/C20H21N7OS/c21-12-5-1-2-6-13(12)23-19-22-9-16-17(26-19)11(10-29-16)18(28)27-20-24-14-7-3-4-8-15(14)25-20/h3-4,7-10,12-13H,1-2,5-6,21H2,(H,22,23,26)(H2,24,25,27,28). The second-order valence-corrected chi connectivity index (χ2v) is 8.22. The number of benzene rings is 1. The first-order valence-corrected chi connectivity index (χ1v) is 10.6. The molecule has 5 N–H and O–H groups in total. The lowest BCUT2D eigenvalue weighted by Crippen LogP contribution is -2.42. The van der Waals surface area contributed by atoms with E-state index in [4.69, 9.17) is 5.73 Å². The number of rotatable bonds is 4. The third-order valence-electron chi connectivity index (χ3n) is 5.31. The molecule has 1 amide bonds. The van der Waals surface area contributed by atoms with Crippen molar-refractivity contribution in [3.8, 4) is 0 Å². The first kappa shape index (κ1) is 18.0. The Hall–Kier alpha value is -3.04. The van der Waals surface area contributed by atoms with Crippen molar-refractivity contribution >= 4 is 50.4 Å². The van der Waals surface area contributed by atoms with Gasteiger partial charge in [-0.05, 0) is 25.0 Å². The summed E-state index contributed by atoms with van der Waals surface area (Å²) in [5.74, 6) is 0.668. The van der Waals surface area contributed by atoms with Gasteiger partial charge in [0.2, 0.25) is 11.9 Å². The Balaban J connectivity index is 1.39. The Kier molecular flexibility index (Phi) is 4.61. The van der Waals surface area contributed by atoms with E-state index in [-0.39, 0.29) is 18.0 Å². The summed E-state index contributed by atoms with van der Waals surface area (Å²) in [6, 6.07) is 7.89. The van der Waals surface area contributed by atoms with Crippen LogP contribution in [0.25, 0.3) is 21.3 Å². The topological polar surface area (TPSA) is 122 Å². The Labute approximate surface area is 171 Å². The number of nitrogens with zero attached hydrogens (tertiary/aromatic N) is 3. The number of para-hydroxylation sites is 2. The van der Waals surface area contributed by atoms with E-state index < -0.39 is 0 Å². The highest BCUT2D eigenvalue weighted by molar-refractivity contribution is 7.17. The SMILES string of the molecule is NC1CCCCC1Nc1ncc2scc(C(=O)Nc3nc4ccccc4[nH]3)c2n1. The first-order valence-electron chi connectivity index (χ1n) is 9.70. The summed E-state index contributed by atoms with van der Waals surface area (Å²) < 4.78 is 0.859. The number of H-pyrrole nitrogens is 1. The van der Waals surface area contributed by atoms with Crippen LogP contribution in [-0.2, 0) is 0 Å². The number of carbonyl (C=O) groups is 1. The first-order chi connectivity index (χ1) is 14.2. The van der Waals surface area contributed by atoms with Gasteiger partial charge in [-0.25, -0.2) is 15.0 Å². The number of thiophene rings is 1. The molecule has 3 aromatic heterocycles. The molecule has 0 bridgehead atoms. The number of aromatic nitrogens is 4. The third-order valence-corrected chi connectivity index (χ3v) is 6.22. The molecular weight excluding hydrogens is 386 g/mol. The molecule has 1 aromatic carbocycles. The second kappa shape index (κ2) is 7.41. The minimum Gasteiger partial charge on any atom is -0.350 e. The van der Waals surface area contributed by atoms with Crippen molar-refractivity contribution in [2.45, 2.75) is 37.8 Å². The van der Waals surface area contributed by atoms with Gasteiger partial charge in [-0.3, -0.25) is 10.1 Å². The van der Waals surface area contributed by atoms with Gasteiger partial charge < -0.3 is 16.0 Å². The monoisotopic (exact) mass is 407 g/mol. The summed E-state index contributed by atoms with van der Waals surface area (Å²) in [6.45, 7) is 0. The highest BCUT2D eigenvalue weighted by Crippen LogP contribution is 2.27. The highest BCUT2D eigenvalue weighted by atomic mass is 32.1. The van der Waals surface area contributed by atoms with Crippen molar-refractivity contribution < 1.29 is 4.79 Å². The Morgan fingerprint density at radius 1 is 1.21 bits per heavy atom. The zero-order valence-electron chi connectivity index (χ0n) is 15.7. The van der Waals surface area contributed by atoms with Crippen LogP contribution in [-0.4, -0.2) is 37.9 Å².